The monoisotopic (exact) mass is 290 g/mol. The van der Waals surface area contributed by atoms with E-state index in [0.29, 0.717) is 10.6 Å². The highest BCUT2D eigenvalue weighted by atomic mass is 35.5. The Balaban J connectivity index is 3.00. The minimum atomic E-state index is -3.73. The molecule has 0 radical (unpaired) electrons. The Hall–Kier alpha value is -1.07. The maximum atomic E-state index is 12.1. The van der Waals surface area contributed by atoms with Crippen LogP contribution >= 0.6 is 11.6 Å². The predicted molar refractivity (Wildman–Crippen MR) is 70.3 cm³/mol. The number of carboxylic acids is 1. The highest BCUT2D eigenvalue weighted by molar-refractivity contribution is 7.92. The van der Waals surface area contributed by atoms with Crippen LogP contribution in [-0.4, -0.2) is 24.7 Å². The Morgan fingerprint density at radius 1 is 1.28 bits per heavy atom. The van der Waals surface area contributed by atoms with Gasteiger partial charge in [-0.05, 0) is 23.6 Å². The second-order valence-corrected chi connectivity index (χ2v) is 7.00. The molecule has 0 saturated carbocycles. The molecule has 0 saturated heterocycles. The van der Waals surface area contributed by atoms with Crippen LogP contribution in [-0.2, 0) is 20.4 Å². The molecule has 1 unspecified atom stereocenters. The molecule has 0 spiro atoms. The molecule has 1 rings (SSSR count). The molecule has 18 heavy (non-hydrogen) atoms. The summed E-state index contributed by atoms with van der Waals surface area (Å²) in [4.78, 5) is 11.0. The van der Waals surface area contributed by atoms with E-state index in [1.165, 1.54) is 0 Å². The number of carboxylic acid groups (broad SMARTS) is 1. The van der Waals surface area contributed by atoms with Gasteiger partial charge < -0.3 is 5.11 Å². The van der Waals surface area contributed by atoms with Gasteiger partial charge in [-0.25, -0.2) is 8.42 Å². The second kappa shape index (κ2) is 5.71. The van der Waals surface area contributed by atoms with Crippen molar-refractivity contribution in [3.05, 3.63) is 34.9 Å². The number of aliphatic carboxylic acids is 1. The van der Waals surface area contributed by atoms with E-state index < -0.39 is 27.0 Å². The highest BCUT2D eigenvalue weighted by Gasteiger charge is 2.35. The number of rotatable bonds is 5. The van der Waals surface area contributed by atoms with Crippen molar-refractivity contribution in [1.29, 1.82) is 0 Å². The minimum absolute atomic E-state index is 0.292. The van der Waals surface area contributed by atoms with Gasteiger partial charge in [0.15, 0.2) is 15.1 Å². The molecule has 0 heterocycles. The summed E-state index contributed by atoms with van der Waals surface area (Å²) in [6.45, 7) is 3.16. The fourth-order valence-corrected chi connectivity index (χ4v) is 3.86. The van der Waals surface area contributed by atoms with Crippen molar-refractivity contribution in [1.82, 2.24) is 0 Å². The zero-order chi connectivity index (χ0) is 13.9. The van der Waals surface area contributed by atoms with Gasteiger partial charge in [-0.15, -0.1) is 0 Å². The lowest BCUT2D eigenvalue weighted by molar-refractivity contribution is -0.137. The number of hydrogen-bond donors (Lipinski definition) is 1. The first kappa shape index (κ1) is 15.0. The molecule has 1 N–H and O–H groups in total. The van der Waals surface area contributed by atoms with Crippen molar-refractivity contribution in [3.8, 4) is 0 Å². The van der Waals surface area contributed by atoms with E-state index in [0.717, 1.165) is 0 Å². The maximum absolute atomic E-state index is 12.1. The van der Waals surface area contributed by atoms with E-state index in [1.807, 2.05) is 0 Å². The minimum Gasteiger partial charge on any atom is -0.480 e. The van der Waals surface area contributed by atoms with Crippen molar-refractivity contribution in [2.45, 2.75) is 24.9 Å². The van der Waals surface area contributed by atoms with Crippen molar-refractivity contribution < 1.29 is 18.3 Å². The molecule has 1 atom stereocenters. The zero-order valence-electron chi connectivity index (χ0n) is 10.1. The molecule has 0 aliphatic carbocycles. The standard InChI is InChI=1S/C12H15ClO4S/c1-8(2)11(12(14)15)18(16,17)7-9-3-5-10(13)6-4-9/h3-6,8,11H,7H2,1-2H3,(H,14,15). The first-order valence-electron chi connectivity index (χ1n) is 5.43. The first-order valence-corrected chi connectivity index (χ1v) is 7.52. The molecule has 0 fully saturated rings. The van der Waals surface area contributed by atoms with Gasteiger partial charge in [0, 0.05) is 5.02 Å². The third-order valence-corrected chi connectivity index (χ3v) is 5.02. The number of halogens is 1. The summed E-state index contributed by atoms with van der Waals surface area (Å²) in [5, 5.41) is 8.13. The molecule has 0 aromatic heterocycles. The summed E-state index contributed by atoms with van der Waals surface area (Å²) < 4.78 is 24.1. The molecule has 1 aromatic carbocycles. The smallest absolute Gasteiger partial charge is 0.322 e. The Morgan fingerprint density at radius 3 is 2.17 bits per heavy atom. The van der Waals surface area contributed by atoms with Crippen molar-refractivity contribution in [3.63, 3.8) is 0 Å². The molecule has 0 aliphatic rings. The van der Waals surface area contributed by atoms with Crippen LogP contribution in [0.1, 0.15) is 19.4 Å². The molecule has 0 aliphatic heterocycles. The Morgan fingerprint density at radius 2 is 1.78 bits per heavy atom. The van der Waals surface area contributed by atoms with Crippen LogP contribution in [0.2, 0.25) is 5.02 Å². The average molecular weight is 291 g/mol. The van der Waals surface area contributed by atoms with Gasteiger partial charge >= 0.3 is 5.97 Å². The van der Waals surface area contributed by atoms with Gasteiger partial charge in [-0.1, -0.05) is 37.6 Å². The third-order valence-electron chi connectivity index (χ3n) is 2.52. The lowest BCUT2D eigenvalue weighted by Gasteiger charge is -2.16. The summed E-state index contributed by atoms with van der Waals surface area (Å²) in [5.41, 5.74) is 0.534. The number of hydrogen-bond acceptors (Lipinski definition) is 3. The molecule has 4 nitrogen and oxygen atoms in total. The van der Waals surface area contributed by atoms with Crippen LogP contribution in [0.3, 0.4) is 0 Å². The number of carbonyl (C=O) groups is 1. The third kappa shape index (κ3) is 3.71. The van der Waals surface area contributed by atoms with E-state index in [4.69, 9.17) is 16.7 Å². The fourth-order valence-electron chi connectivity index (χ4n) is 1.76. The lowest BCUT2D eigenvalue weighted by atomic mass is 10.1. The van der Waals surface area contributed by atoms with Crippen LogP contribution in [0.5, 0.6) is 0 Å². The molecule has 100 valence electrons. The summed E-state index contributed by atoms with van der Waals surface area (Å²) in [7, 11) is -3.73. The van der Waals surface area contributed by atoms with E-state index >= 15 is 0 Å². The molecule has 0 amide bonds. The summed E-state index contributed by atoms with van der Waals surface area (Å²) in [6.07, 6.45) is 0. The Labute approximate surface area is 112 Å². The van der Waals surface area contributed by atoms with Crippen molar-refractivity contribution in [2.75, 3.05) is 0 Å². The molecule has 6 heteroatoms. The molecule has 1 aromatic rings. The summed E-state index contributed by atoms with van der Waals surface area (Å²) in [5.74, 6) is -2.07. The van der Waals surface area contributed by atoms with Gasteiger partial charge in [-0.2, -0.15) is 0 Å². The number of sulfone groups is 1. The number of benzene rings is 1. The van der Waals surface area contributed by atoms with Crippen LogP contribution in [0.4, 0.5) is 0 Å². The topological polar surface area (TPSA) is 71.4 Å². The van der Waals surface area contributed by atoms with Gasteiger partial charge in [0.1, 0.15) is 0 Å². The highest BCUT2D eigenvalue weighted by Crippen LogP contribution is 2.19. The largest absolute Gasteiger partial charge is 0.480 e. The van der Waals surface area contributed by atoms with Gasteiger partial charge in [-0.3, -0.25) is 4.79 Å². The second-order valence-electron chi connectivity index (χ2n) is 4.44. The molecular weight excluding hydrogens is 276 g/mol. The first-order chi connectivity index (χ1) is 8.24. The fraction of sp³-hybridized carbons (Fsp3) is 0.417. The summed E-state index contributed by atoms with van der Waals surface area (Å²) >= 11 is 5.70. The predicted octanol–water partition coefficient (Wildman–Crippen LogP) is 2.36. The van der Waals surface area contributed by atoms with Crippen LogP contribution < -0.4 is 0 Å². The average Bonchev–Trinajstić information content (AvgIpc) is 2.19. The van der Waals surface area contributed by atoms with E-state index in [2.05, 4.69) is 0 Å². The Bertz CT molecular complexity index is 520. The lowest BCUT2D eigenvalue weighted by Crippen LogP contribution is -2.35. The SMILES string of the molecule is CC(C)C(C(=O)O)S(=O)(=O)Cc1ccc(Cl)cc1. The van der Waals surface area contributed by atoms with Crippen LogP contribution in [0.15, 0.2) is 24.3 Å². The normalized spacial score (nSPS) is 13.6. The van der Waals surface area contributed by atoms with Gasteiger partial charge in [0.25, 0.3) is 0 Å². The molecule has 0 bridgehead atoms. The zero-order valence-corrected chi connectivity index (χ0v) is 11.7. The van der Waals surface area contributed by atoms with Gasteiger partial charge in [0.05, 0.1) is 5.75 Å². The quantitative estimate of drug-likeness (QED) is 0.903. The Kier molecular flexibility index (Phi) is 4.76. The maximum Gasteiger partial charge on any atom is 0.322 e. The van der Waals surface area contributed by atoms with Crippen LogP contribution in [0.25, 0.3) is 0 Å². The van der Waals surface area contributed by atoms with E-state index in [1.54, 1.807) is 38.1 Å². The van der Waals surface area contributed by atoms with Crippen molar-refractivity contribution in [2.24, 2.45) is 5.92 Å². The van der Waals surface area contributed by atoms with Gasteiger partial charge in [0.2, 0.25) is 0 Å². The van der Waals surface area contributed by atoms with Crippen molar-refractivity contribution >= 4 is 27.4 Å². The summed E-state index contributed by atoms with van der Waals surface area (Å²) in [6, 6.07) is 6.33. The van der Waals surface area contributed by atoms with Crippen LogP contribution in [0, 0.1) is 5.92 Å². The van der Waals surface area contributed by atoms with E-state index in [-0.39, 0.29) is 5.75 Å². The van der Waals surface area contributed by atoms with E-state index in [9.17, 15) is 13.2 Å². The molecular formula is C12H15ClO4S.